The van der Waals surface area contributed by atoms with Crippen molar-refractivity contribution in [1.82, 2.24) is 29.3 Å². The van der Waals surface area contributed by atoms with Gasteiger partial charge in [-0.2, -0.15) is 4.98 Å². The minimum Gasteiger partial charge on any atom is -0.444 e. The van der Waals surface area contributed by atoms with Gasteiger partial charge in [-0.15, -0.1) is 0 Å². The first kappa shape index (κ1) is 26.9. The van der Waals surface area contributed by atoms with Gasteiger partial charge in [-0.05, 0) is 44.5 Å². The van der Waals surface area contributed by atoms with Crippen LogP contribution in [-0.4, -0.2) is 80.0 Å². The maximum absolute atomic E-state index is 13.3. The number of hydrogen-bond acceptors (Lipinski definition) is 8. The molecule has 11 nitrogen and oxygen atoms in total. The van der Waals surface area contributed by atoms with Crippen molar-refractivity contribution < 1.29 is 19.1 Å². The molecule has 1 unspecified atom stereocenters. The first-order valence-corrected chi connectivity index (χ1v) is 13.1. The second-order valence-corrected chi connectivity index (χ2v) is 10.6. The van der Waals surface area contributed by atoms with Crippen LogP contribution in [0.4, 0.5) is 15.5 Å². The normalized spacial score (nSPS) is 15.7. The van der Waals surface area contributed by atoms with Crippen molar-refractivity contribution in [2.75, 3.05) is 31.6 Å². The average molecular weight is 544 g/mol. The third-order valence-corrected chi connectivity index (χ3v) is 6.54. The molecular weight excluding hydrogens is 510 g/mol. The molecule has 0 aliphatic carbocycles. The van der Waals surface area contributed by atoms with Gasteiger partial charge in [0.1, 0.15) is 30.5 Å². The summed E-state index contributed by atoms with van der Waals surface area (Å²) in [6.45, 7) is 6.37. The van der Waals surface area contributed by atoms with E-state index in [2.05, 4.69) is 9.97 Å². The molecule has 1 aliphatic rings. The molecule has 3 heterocycles. The molecule has 0 radical (unpaired) electrons. The number of amides is 2. The van der Waals surface area contributed by atoms with E-state index in [4.69, 9.17) is 14.5 Å². The lowest BCUT2D eigenvalue weighted by atomic mass is 10.2. The quantitative estimate of drug-likeness (QED) is 0.363. The van der Waals surface area contributed by atoms with Gasteiger partial charge in [0.15, 0.2) is 0 Å². The zero-order valence-electron chi connectivity index (χ0n) is 23.1. The number of anilines is 1. The van der Waals surface area contributed by atoms with Crippen molar-refractivity contribution in [3.63, 3.8) is 0 Å². The van der Waals surface area contributed by atoms with Gasteiger partial charge in [0.25, 0.3) is 0 Å². The number of hydrogen-bond donors (Lipinski definition) is 0. The molecule has 2 aromatic carbocycles. The highest BCUT2D eigenvalue weighted by molar-refractivity contribution is 5.77. The lowest BCUT2D eigenvalue weighted by Crippen LogP contribution is -2.62. The Balaban J connectivity index is 1.41. The van der Waals surface area contributed by atoms with E-state index in [-0.39, 0.29) is 19.7 Å². The molecule has 1 fully saturated rings. The number of imidazole rings is 1. The fourth-order valence-electron chi connectivity index (χ4n) is 4.52. The van der Waals surface area contributed by atoms with E-state index >= 15 is 0 Å². The second kappa shape index (κ2) is 11.2. The van der Waals surface area contributed by atoms with Crippen LogP contribution >= 0.6 is 0 Å². The average Bonchev–Trinajstić information content (AvgIpc) is 3.39. The van der Waals surface area contributed by atoms with Crippen LogP contribution in [-0.2, 0) is 16.1 Å². The molecule has 0 bridgehead atoms. The topological polar surface area (TPSA) is 106 Å². The Morgan fingerprint density at radius 3 is 2.50 bits per heavy atom. The fourth-order valence-corrected chi connectivity index (χ4v) is 4.52. The lowest BCUT2D eigenvalue weighted by Gasteiger charge is -2.44. The minimum absolute atomic E-state index is 0.141. The van der Waals surface area contributed by atoms with Gasteiger partial charge in [-0.1, -0.05) is 42.5 Å². The third-order valence-electron chi connectivity index (χ3n) is 6.54. The molecule has 208 valence electrons. The Bertz CT molecular complexity index is 1480. The molecule has 0 saturated carbocycles. The molecule has 0 N–H and O–H groups in total. The van der Waals surface area contributed by atoms with Crippen LogP contribution < -0.4 is 4.90 Å². The summed E-state index contributed by atoms with van der Waals surface area (Å²) in [7, 11) is 1.80. The zero-order valence-corrected chi connectivity index (χ0v) is 23.1. The summed E-state index contributed by atoms with van der Waals surface area (Å²) in [5, 5.41) is 0. The Labute approximate surface area is 233 Å². The first-order chi connectivity index (χ1) is 19.2. The predicted octanol–water partition coefficient (Wildman–Crippen LogP) is 4.47. The number of benzene rings is 2. The Morgan fingerprint density at radius 1 is 0.975 bits per heavy atom. The van der Waals surface area contributed by atoms with Crippen molar-refractivity contribution in [2.45, 2.75) is 39.1 Å². The number of ether oxygens (including phenoxy) is 2. The summed E-state index contributed by atoms with van der Waals surface area (Å²) >= 11 is 0. The highest BCUT2D eigenvalue weighted by Crippen LogP contribution is 2.23. The molecular formula is C29H33N7O4. The van der Waals surface area contributed by atoms with Crippen LogP contribution in [0.15, 0.2) is 73.2 Å². The molecule has 2 aromatic heterocycles. The monoisotopic (exact) mass is 543 g/mol. The zero-order chi connectivity index (χ0) is 28.3. The third kappa shape index (κ3) is 5.98. The molecule has 5 rings (SSSR count). The van der Waals surface area contributed by atoms with Gasteiger partial charge >= 0.3 is 12.2 Å². The number of para-hydroxylation sites is 2. The number of fused-ring (bicyclic) bond motifs is 1. The lowest BCUT2D eigenvalue weighted by molar-refractivity contribution is 0.00120. The Hall–Kier alpha value is -4.67. The van der Waals surface area contributed by atoms with Gasteiger partial charge in [-0.25, -0.2) is 19.6 Å². The summed E-state index contributed by atoms with van der Waals surface area (Å²) in [6, 6.07) is 19.1. The van der Waals surface area contributed by atoms with Crippen LogP contribution in [0.2, 0.25) is 0 Å². The van der Waals surface area contributed by atoms with Crippen molar-refractivity contribution >= 4 is 29.2 Å². The van der Waals surface area contributed by atoms with E-state index in [1.165, 1.54) is 0 Å². The maximum Gasteiger partial charge on any atom is 0.411 e. The standard InChI is InChI=1S/C29H33N7O4/c1-29(2,3)40-27(37)34-16-17-35(28(38)39-19-21-10-6-5-7-11-21)25(18-34)33(4)26-30-15-14-24(32-26)36-20-31-22-12-8-9-13-23(22)36/h5-15,20,25H,16-19H2,1-4H3. The molecule has 1 atom stereocenters. The summed E-state index contributed by atoms with van der Waals surface area (Å²) < 4.78 is 13.2. The van der Waals surface area contributed by atoms with E-state index in [0.29, 0.717) is 18.3 Å². The van der Waals surface area contributed by atoms with Gasteiger partial charge in [0.05, 0.1) is 17.6 Å². The first-order valence-electron chi connectivity index (χ1n) is 13.1. The number of carbonyl (C=O) groups excluding carboxylic acids is 2. The van der Waals surface area contributed by atoms with E-state index in [1.54, 1.807) is 40.3 Å². The molecule has 1 aliphatic heterocycles. The summed E-state index contributed by atoms with van der Waals surface area (Å²) in [4.78, 5) is 45.0. The van der Waals surface area contributed by atoms with Crippen molar-refractivity contribution in [3.8, 4) is 5.82 Å². The largest absolute Gasteiger partial charge is 0.444 e. The van der Waals surface area contributed by atoms with E-state index in [0.717, 1.165) is 16.6 Å². The number of piperazine rings is 1. The molecule has 2 amide bonds. The fraction of sp³-hybridized carbons (Fsp3) is 0.345. The van der Waals surface area contributed by atoms with Gasteiger partial charge in [0.2, 0.25) is 5.95 Å². The number of nitrogens with zero attached hydrogens (tertiary/aromatic N) is 7. The second-order valence-electron chi connectivity index (χ2n) is 10.6. The highest BCUT2D eigenvalue weighted by atomic mass is 16.6. The van der Waals surface area contributed by atoms with Crippen LogP contribution in [0.3, 0.4) is 0 Å². The van der Waals surface area contributed by atoms with Crippen molar-refractivity contribution in [2.24, 2.45) is 0 Å². The molecule has 40 heavy (non-hydrogen) atoms. The number of aromatic nitrogens is 4. The molecule has 1 saturated heterocycles. The highest BCUT2D eigenvalue weighted by Gasteiger charge is 2.38. The summed E-state index contributed by atoms with van der Waals surface area (Å²) in [6.07, 6.45) is 1.85. The number of carbonyl (C=O) groups is 2. The molecule has 4 aromatic rings. The Kier molecular flexibility index (Phi) is 7.54. The molecule has 11 heteroatoms. The van der Waals surface area contributed by atoms with Crippen LogP contribution in [0.5, 0.6) is 0 Å². The van der Waals surface area contributed by atoms with Gasteiger partial charge in [-0.3, -0.25) is 9.47 Å². The van der Waals surface area contributed by atoms with E-state index in [1.807, 2.05) is 79.9 Å². The van der Waals surface area contributed by atoms with E-state index in [9.17, 15) is 9.59 Å². The Morgan fingerprint density at radius 2 is 1.73 bits per heavy atom. The van der Waals surface area contributed by atoms with Crippen LogP contribution in [0.1, 0.15) is 26.3 Å². The number of likely N-dealkylation sites (N-methyl/N-ethyl adjacent to an activating group) is 1. The smallest absolute Gasteiger partial charge is 0.411 e. The maximum atomic E-state index is 13.3. The minimum atomic E-state index is -0.644. The van der Waals surface area contributed by atoms with Crippen molar-refractivity contribution in [1.29, 1.82) is 0 Å². The number of rotatable bonds is 5. The van der Waals surface area contributed by atoms with Gasteiger partial charge in [0, 0.05) is 26.3 Å². The van der Waals surface area contributed by atoms with E-state index < -0.39 is 24.0 Å². The summed E-state index contributed by atoms with van der Waals surface area (Å²) in [5.41, 5.74) is 2.00. The SMILES string of the molecule is CN(c1nccc(-n2cnc3ccccc32)n1)C1CN(C(=O)OC(C)(C)C)CCN1C(=O)OCc1ccccc1. The van der Waals surface area contributed by atoms with Crippen molar-refractivity contribution in [3.05, 3.63) is 78.8 Å². The molecule has 0 spiro atoms. The van der Waals surface area contributed by atoms with Crippen LogP contribution in [0.25, 0.3) is 16.9 Å². The van der Waals surface area contributed by atoms with Gasteiger partial charge < -0.3 is 19.3 Å². The summed E-state index contributed by atoms with van der Waals surface area (Å²) in [5.74, 6) is 1.01. The predicted molar refractivity (Wildman–Crippen MR) is 150 cm³/mol. The van der Waals surface area contributed by atoms with Crippen LogP contribution in [0, 0.1) is 0 Å².